The molecule has 9 heteroatoms. The minimum absolute atomic E-state index is 0.00683. The monoisotopic (exact) mass is 439 g/mol. The lowest BCUT2D eigenvalue weighted by molar-refractivity contribution is 0.0121. The molecular formula is C23H29N5O4. The van der Waals surface area contributed by atoms with Crippen molar-refractivity contribution in [1.82, 2.24) is 19.6 Å². The summed E-state index contributed by atoms with van der Waals surface area (Å²) in [6.07, 6.45) is 4.26. The largest absolute Gasteiger partial charge is 0.378 e. The molecule has 2 aliphatic heterocycles. The topological polar surface area (TPSA) is 114 Å². The van der Waals surface area contributed by atoms with Crippen LogP contribution in [0.3, 0.4) is 0 Å². The highest BCUT2D eigenvalue weighted by atomic mass is 16.5. The Morgan fingerprint density at radius 3 is 2.59 bits per heavy atom. The van der Waals surface area contributed by atoms with Crippen LogP contribution >= 0.6 is 0 Å². The van der Waals surface area contributed by atoms with Crippen LogP contribution in [-0.4, -0.2) is 82.1 Å². The summed E-state index contributed by atoms with van der Waals surface area (Å²) < 4.78 is 7.07. The summed E-state index contributed by atoms with van der Waals surface area (Å²) in [7, 11) is 0. The summed E-state index contributed by atoms with van der Waals surface area (Å²) in [6.45, 7) is 7.28. The number of carbonyl (C=O) groups is 2. The molecule has 1 aromatic carbocycles. The van der Waals surface area contributed by atoms with E-state index in [1.54, 1.807) is 40.0 Å². The summed E-state index contributed by atoms with van der Waals surface area (Å²) in [6, 6.07) is 7.09. The zero-order chi connectivity index (χ0) is 22.7. The molecule has 1 unspecified atom stereocenters. The van der Waals surface area contributed by atoms with Gasteiger partial charge in [0.2, 0.25) is 0 Å². The van der Waals surface area contributed by atoms with Crippen molar-refractivity contribution in [3.05, 3.63) is 54.2 Å². The van der Waals surface area contributed by atoms with Gasteiger partial charge in [0, 0.05) is 43.5 Å². The maximum Gasteiger partial charge on any atom is 0.254 e. The molecule has 0 bridgehead atoms. The molecule has 3 heterocycles. The first kappa shape index (κ1) is 22.2. The lowest BCUT2D eigenvalue weighted by atomic mass is 10.0. The number of nitrogens with zero attached hydrogens (tertiary/aromatic N) is 4. The summed E-state index contributed by atoms with van der Waals surface area (Å²) >= 11 is 0. The number of aliphatic hydroxyl groups excluding tert-OH is 1. The van der Waals surface area contributed by atoms with Crippen molar-refractivity contribution in [3.8, 4) is 11.3 Å². The van der Waals surface area contributed by atoms with E-state index in [0.29, 0.717) is 49.7 Å². The fraction of sp³-hybridized carbons (Fsp3) is 0.435. The second kappa shape index (κ2) is 9.64. The predicted octanol–water partition coefficient (Wildman–Crippen LogP) is 1.26. The van der Waals surface area contributed by atoms with Crippen molar-refractivity contribution in [3.63, 3.8) is 0 Å². The summed E-state index contributed by atoms with van der Waals surface area (Å²) in [5.74, 6) is -0.595. The van der Waals surface area contributed by atoms with Crippen LogP contribution in [0, 0.1) is 0 Å². The van der Waals surface area contributed by atoms with Gasteiger partial charge >= 0.3 is 0 Å². The van der Waals surface area contributed by atoms with Crippen molar-refractivity contribution in [2.75, 3.05) is 39.4 Å². The number of hydrogen-bond donors (Lipinski definition) is 2. The van der Waals surface area contributed by atoms with E-state index >= 15 is 0 Å². The third-order valence-electron chi connectivity index (χ3n) is 6.09. The van der Waals surface area contributed by atoms with E-state index in [9.17, 15) is 14.7 Å². The Balaban J connectivity index is 1.56. The molecule has 0 spiro atoms. The van der Waals surface area contributed by atoms with E-state index in [-0.39, 0.29) is 11.9 Å². The van der Waals surface area contributed by atoms with Crippen molar-refractivity contribution < 1.29 is 19.4 Å². The molecule has 2 fully saturated rings. The number of aromatic nitrogens is 2. The van der Waals surface area contributed by atoms with Crippen LogP contribution in [0.2, 0.25) is 0 Å². The molecule has 3 N–H and O–H groups in total. The Bertz CT molecular complexity index is 981. The Morgan fingerprint density at radius 1 is 1.22 bits per heavy atom. The first-order chi connectivity index (χ1) is 15.5. The SMILES string of the molecule is C=CC(O)N1CCC[C@@H](n2cc(C(N)=O)c(-c3ccc(C(=O)N4CCOCC4)cc3)n2)C1. The van der Waals surface area contributed by atoms with Gasteiger partial charge in [0.05, 0.1) is 24.8 Å². The fourth-order valence-electron chi connectivity index (χ4n) is 4.28. The summed E-state index contributed by atoms with van der Waals surface area (Å²) in [5, 5.41) is 14.8. The summed E-state index contributed by atoms with van der Waals surface area (Å²) in [5.41, 5.74) is 7.76. The van der Waals surface area contributed by atoms with E-state index in [1.807, 2.05) is 4.90 Å². The number of likely N-dealkylation sites (tertiary alicyclic amines) is 1. The third-order valence-corrected chi connectivity index (χ3v) is 6.09. The van der Waals surface area contributed by atoms with Crippen LogP contribution in [0.25, 0.3) is 11.3 Å². The highest BCUT2D eigenvalue weighted by molar-refractivity contribution is 5.99. The van der Waals surface area contributed by atoms with Gasteiger partial charge in [-0.15, -0.1) is 0 Å². The van der Waals surface area contributed by atoms with Gasteiger partial charge in [0.1, 0.15) is 11.9 Å². The molecule has 0 saturated carbocycles. The van der Waals surface area contributed by atoms with Gasteiger partial charge in [-0.05, 0) is 31.1 Å². The second-order valence-electron chi connectivity index (χ2n) is 8.16. The zero-order valence-electron chi connectivity index (χ0n) is 18.0. The molecule has 2 saturated heterocycles. The lowest BCUT2D eigenvalue weighted by Gasteiger charge is -2.34. The molecule has 2 atom stereocenters. The molecule has 2 aliphatic rings. The van der Waals surface area contributed by atoms with E-state index in [1.165, 1.54) is 6.08 Å². The van der Waals surface area contributed by atoms with E-state index < -0.39 is 12.1 Å². The number of benzene rings is 1. The number of morpholine rings is 1. The highest BCUT2D eigenvalue weighted by Gasteiger charge is 2.27. The molecule has 4 rings (SSSR count). The molecule has 170 valence electrons. The molecule has 0 aliphatic carbocycles. The van der Waals surface area contributed by atoms with Crippen molar-refractivity contribution in [1.29, 1.82) is 0 Å². The van der Waals surface area contributed by atoms with E-state index in [4.69, 9.17) is 10.5 Å². The average Bonchev–Trinajstić information content (AvgIpc) is 3.30. The Labute approximate surface area is 187 Å². The van der Waals surface area contributed by atoms with E-state index in [2.05, 4.69) is 11.7 Å². The number of rotatable bonds is 6. The number of carbonyl (C=O) groups excluding carboxylic acids is 2. The zero-order valence-corrected chi connectivity index (χ0v) is 18.0. The lowest BCUT2D eigenvalue weighted by Crippen LogP contribution is -2.42. The van der Waals surface area contributed by atoms with Gasteiger partial charge < -0.3 is 20.5 Å². The second-order valence-corrected chi connectivity index (χ2v) is 8.16. The van der Waals surface area contributed by atoms with Crippen LogP contribution in [0.5, 0.6) is 0 Å². The van der Waals surface area contributed by atoms with Crippen LogP contribution < -0.4 is 5.73 Å². The number of primary amides is 1. The molecule has 0 radical (unpaired) electrons. The molecule has 32 heavy (non-hydrogen) atoms. The van der Waals surface area contributed by atoms with E-state index in [0.717, 1.165) is 24.9 Å². The van der Waals surface area contributed by atoms with Crippen LogP contribution in [0.4, 0.5) is 0 Å². The van der Waals surface area contributed by atoms with Crippen LogP contribution in [0.1, 0.15) is 39.6 Å². The number of ether oxygens (including phenoxy) is 1. The number of nitrogens with two attached hydrogens (primary N) is 1. The maximum absolute atomic E-state index is 12.7. The standard InChI is InChI=1S/C23H29N5O4/c1-2-20(29)27-9-3-4-18(14-27)28-15-19(22(24)30)21(25-28)16-5-7-17(8-6-16)23(31)26-10-12-32-13-11-26/h2,5-8,15,18,20,29H,1,3-4,9-14H2,(H2,24,30)/t18-,20?/m1/s1. The Morgan fingerprint density at radius 2 is 1.94 bits per heavy atom. The number of aliphatic hydroxyl groups is 1. The molecular weight excluding hydrogens is 410 g/mol. The fourth-order valence-corrected chi connectivity index (χ4v) is 4.28. The van der Waals surface area contributed by atoms with Crippen LogP contribution in [0.15, 0.2) is 43.1 Å². The highest BCUT2D eigenvalue weighted by Crippen LogP contribution is 2.28. The Kier molecular flexibility index (Phi) is 6.69. The minimum atomic E-state index is -0.708. The third kappa shape index (κ3) is 4.59. The average molecular weight is 440 g/mol. The first-order valence-electron chi connectivity index (χ1n) is 10.9. The summed E-state index contributed by atoms with van der Waals surface area (Å²) in [4.78, 5) is 28.5. The number of amides is 2. The molecule has 1 aromatic heterocycles. The van der Waals surface area contributed by atoms with Crippen LogP contribution in [-0.2, 0) is 4.74 Å². The number of piperidine rings is 1. The van der Waals surface area contributed by atoms with Gasteiger partial charge in [-0.2, -0.15) is 5.10 Å². The van der Waals surface area contributed by atoms with Gasteiger partial charge in [0.15, 0.2) is 0 Å². The van der Waals surface area contributed by atoms with Crippen molar-refractivity contribution in [2.45, 2.75) is 25.1 Å². The molecule has 2 aromatic rings. The van der Waals surface area contributed by atoms with Gasteiger partial charge in [0.25, 0.3) is 11.8 Å². The quantitative estimate of drug-likeness (QED) is 0.655. The maximum atomic E-state index is 12.7. The smallest absolute Gasteiger partial charge is 0.254 e. The minimum Gasteiger partial charge on any atom is -0.378 e. The van der Waals surface area contributed by atoms with Crippen molar-refractivity contribution in [2.24, 2.45) is 5.73 Å². The molecule has 9 nitrogen and oxygen atoms in total. The first-order valence-corrected chi connectivity index (χ1v) is 10.9. The van der Waals surface area contributed by atoms with Gasteiger partial charge in [-0.25, -0.2) is 0 Å². The van der Waals surface area contributed by atoms with Crippen molar-refractivity contribution >= 4 is 11.8 Å². The predicted molar refractivity (Wildman–Crippen MR) is 119 cm³/mol. The number of hydrogen-bond acceptors (Lipinski definition) is 6. The molecule has 2 amide bonds. The van der Waals surface area contributed by atoms with Gasteiger partial charge in [-0.1, -0.05) is 18.7 Å². The normalized spacial score (nSPS) is 20.7. The Hall–Kier alpha value is -3.01. The van der Waals surface area contributed by atoms with Gasteiger partial charge in [-0.3, -0.25) is 19.2 Å².